The fourth-order valence-electron chi connectivity index (χ4n) is 2.89. The van der Waals surface area contributed by atoms with Gasteiger partial charge in [-0.05, 0) is 44.7 Å². The molecule has 3 rings (SSSR count). The van der Waals surface area contributed by atoms with Crippen LogP contribution in [0, 0.1) is 13.8 Å². The molecule has 0 atom stereocenters. The zero-order valence-corrected chi connectivity index (χ0v) is 17.9. The molecule has 0 aliphatic heterocycles. The Balaban J connectivity index is 1.46. The summed E-state index contributed by atoms with van der Waals surface area (Å²) in [6.45, 7) is 4.65. The van der Waals surface area contributed by atoms with Crippen LogP contribution in [0.15, 0.2) is 34.3 Å². The summed E-state index contributed by atoms with van der Waals surface area (Å²) in [6.07, 6.45) is 6.61. The summed E-state index contributed by atoms with van der Waals surface area (Å²) in [5.41, 5.74) is 14.2. The average Bonchev–Trinajstić information content (AvgIpc) is 3.03. The molecule has 3 heterocycles. The van der Waals surface area contributed by atoms with Crippen LogP contribution in [0.2, 0.25) is 0 Å². The molecule has 0 saturated heterocycles. The predicted octanol–water partition coefficient (Wildman–Crippen LogP) is 2.17. The van der Waals surface area contributed by atoms with Crippen molar-refractivity contribution in [1.82, 2.24) is 19.9 Å². The minimum atomic E-state index is -0.140. The van der Waals surface area contributed by atoms with Crippen molar-refractivity contribution >= 4 is 28.4 Å². The molecule has 0 spiro atoms. The normalized spacial score (nSPS) is 10.7. The highest BCUT2D eigenvalue weighted by Gasteiger charge is 2.08. The first kappa shape index (κ1) is 21.4. The number of hydrogen-bond donors (Lipinski definition) is 4. The van der Waals surface area contributed by atoms with Gasteiger partial charge in [0, 0.05) is 41.5 Å². The van der Waals surface area contributed by atoms with Crippen LogP contribution in [0.4, 0.5) is 11.1 Å². The molecule has 3 aromatic heterocycles. The molecule has 3 aromatic rings. The van der Waals surface area contributed by atoms with Crippen LogP contribution in [0.25, 0.3) is 0 Å². The number of thiazole rings is 1. The Morgan fingerprint density at radius 1 is 1.20 bits per heavy atom. The van der Waals surface area contributed by atoms with Crippen molar-refractivity contribution in [3.63, 3.8) is 0 Å². The molecule has 0 aromatic carbocycles. The van der Waals surface area contributed by atoms with Gasteiger partial charge >= 0.3 is 0 Å². The molecule has 0 saturated carbocycles. The van der Waals surface area contributed by atoms with Crippen LogP contribution >= 0.6 is 11.3 Å². The number of nitrogens with two attached hydrogens (primary N) is 2. The minimum absolute atomic E-state index is 0.0162. The molecule has 0 aliphatic rings. The first-order chi connectivity index (χ1) is 14.4. The van der Waals surface area contributed by atoms with Crippen LogP contribution in [-0.2, 0) is 12.8 Å². The maximum atomic E-state index is 12.3. The Morgan fingerprint density at radius 2 is 2.03 bits per heavy atom. The number of aromatic amines is 1. The first-order valence-corrected chi connectivity index (χ1v) is 10.5. The lowest BCUT2D eigenvalue weighted by molar-refractivity contribution is 0.745. The van der Waals surface area contributed by atoms with Gasteiger partial charge in [-0.3, -0.25) is 14.8 Å². The molecular formula is C20H26N8OS. The van der Waals surface area contributed by atoms with Crippen LogP contribution < -0.4 is 22.3 Å². The van der Waals surface area contributed by atoms with Crippen LogP contribution in [0.3, 0.4) is 0 Å². The van der Waals surface area contributed by atoms with E-state index in [1.54, 1.807) is 12.4 Å². The third-order valence-electron chi connectivity index (χ3n) is 4.48. The van der Waals surface area contributed by atoms with E-state index in [1.165, 1.54) is 11.3 Å². The Labute approximate surface area is 178 Å². The van der Waals surface area contributed by atoms with Crippen molar-refractivity contribution in [2.45, 2.75) is 39.5 Å². The Hall–Kier alpha value is -3.27. The average molecular weight is 427 g/mol. The van der Waals surface area contributed by atoms with Gasteiger partial charge in [0.1, 0.15) is 0 Å². The van der Waals surface area contributed by atoms with Gasteiger partial charge in [-0.2, -0.15) is 4.99 Å². The number of hydrogen-bond acceptors (Lipinski definition) is 7. The van der Waals surface area contributed by atoms with Gasteiger partial charge in [-0.15, -0.1) is 0 Å². The highest BCUT2D eigenvalue weighted by molar-refractivity contribution is 7.15. The van der Waals surface area contributed by atoms with Gasteiger partial charge in [0.15, 0.2) is 5.96 Å². The summed E-state index contributed by atoms with van der Waals surface area (Å²) in [4.78, 5) is 33.2. The summed E-state index contributed by atoms with van der Waals surface area (Å²) >= 11 is 1.48. The molecular weight excluding hydrogens is 400 g/mol. The van der Waals surface area contributed by atoms with Gasteiger partial charge in [-0.25, -0.2) is 9.97 Å². The van der Waals surface area contributed by atoms with Gasteiger partial charge in [0.05, 0.1) is 5.69 Å². The summed E-state index contributed by atoms with van der Waals surface area (Å²) in [5.74, 6) is 0.494. The molecule has 0 aliphatic carbocycles. The molecule has 6 N–H and O–H groups in total. The van der Waals surface area contributed by atoms with Crippen molar-refractivity contribution < 1.29 is 0 Å². The van der Waals surface area contributed by atoms with Crippen molar-refractivity contribution in [3.8, 4) is 0 Å². The second-order valence-corrected chi connectivity index (χ2v) is 8.17. The molecule has 0 fully saturated rings. The molecule has 10 heteroatoms. The SMILES string of the molecule is Cc1ccc(Cc2cnc(NCCCCc3nc(N=C(N)N)sc3C)[nH]c2=O)cn1. The van der Waals surface area contributed by atoms with E-state index < -0.39 is 0 Å². The van der Waals surface area contributed by atoms with Crippen molar-refractivity contribution in [2.75, 3.05) is 11.9 Å². The van der Waals surface area contributed by atoms with E-state index in [9.17, 15) is 4.79 Å². The van der Waals surface area contributed by atoms with E-state index in [4.69, 9.17) is 11.5 Å². The number of guanidine groups is 1. The largest absolute Gasteiger partial charge is 0.370 e. The van der Waals surface area contributed by atoms with Crippen LogP contribution in [-0.4, -0.2) is 32.4 Å². The number of anilines is 1. The Kier molecular flexibility index (Phi) is 7.12. The molecule has 9 nitrogen and oxygen atoms in total. The second kappa shape index (κ2) is 9.97. The number of unbranched alkanes of at least 4 members (excludes halogenated alkanes) is 1. The molecule has 0 amide bonds. The van der Waals surface area contributed by atoms with Gasteiger partial charge < -0.3 is 16.8 Å². The summed E-state index contributed by atoms with van der Waals surface area (Å²) in [6, 6.07) is 3.90. The smallest absolute Gasteiger partial charge is 0.255 e. The van der Waals surface area contributed by atoms with E-state index in [1.807, 2.05) is 26.0 Å². The third kappa shape index (κ3) is 6.11. The lowest BCUT2D eigenvalue weighted by Crippen LogP contribution is -2.21. The summed E-state index contributed by atoms with van der Waals surface area (Å²) in [7, 11) is 0. The second-order valence-electron chi connectivity index (χ2n) is 6.99. The number of rotatable bonds is 9. The molecule has 30 heavy (non-hydrogen) atoms. The van der Waals surface area contributed by atoms with Crippen molar-refractivity contribution in [1.29, 1.82) is 0 Å². The number of nitrogens with one attached hydrogen (secondary N) is 2. The Morgan fingerprint density at radius 3 is 2.73 bits per heavy atom. The van der Waals surface area contributed by atoms with Gasteiger partial charge in [0.2, 0.25) is 11.1 Å². The van der Waals surface area contributed by atoms with Crippen molar-refractivity contribution in [2.24, 2.45) is 16.5 Å². The maximum absolute atomic E-state index is 12.3. The lowest BCUT2D eigenvalue weighted by atomic mass is 10.1. The van der Waals surface area contributed by atoms with Gasteiger partial charge in [-0.1, -0.05) is 17.4 Å². The number of aromatic nitrogens is 4. The fraction of sp³-hybridized carbons (Fsp3) is 0.350. The third-order valence-corrected chi connectivity index (χ3v) is 5.39. The molecule has 158 valence electrons. The number of pyridine rings is 1. The van der Waals surface area contributed by atoms with E-state index in [-0.39, 0.29) is 11.5 Å². The number of nitrogens with zero attached hydrogens (tertiary/aromatic N) is 4. The van der Waals surface area contributed by atoms with Crippen LogP contribution in [0.5, 0.6) is 0 Å². The maximum Gasteiger partial charge on any atom is 0.255 e. The lowest BCUT2D eigenvalue weighted by Gasteiger charge is -2.06. The quantitative estimate of drug-likeness (QED) is 0.233. The summed E-state index contributed by atoms with van der Waals surface area (Å²) < 4.78 is 0. The highest BCUT2D eigenvalue weighted by atomic mass is 32.1. The minimum Gasteiger partial charge on any atom is -0.370 e. The van der Waals surface area contributed by atoms with E-state index in [0.29, 0.717) is 29.6 Å². The summed E-state index contributed by atoms with van der Waals surface area (Å²) in [5, 5.41) is 3.75. The fourth-order valence-corrected chi connectivity index (χ4v) is 3.73. The monoisotopic (exact) mass is 426 g/mol. The predicted molar refractivity (Wildman–Crippen MR) is 120 cm³/mol. The zero-order valence-electron chi connectivity index (χ0n) is 17.1. The Bertz CT molecular complexity index is 1070. The van der Waals surface area contributed by atoms with Crippen molar-refractivity contribution in [3.05, 3.63) is 62.3 Å². The first-order valence-electron chi connectivity index (χ1n) is 9.70. The van der Waals surface area contributed by atoms with Gasteiger partial charge in [0.25, 0.3) is 5.56 Å². The molecule has 0 unspecified atom stereocenters. The molecule has 0 radical (unpaired) electrons. The topological polar surface area (TPSA) is 148 Å². The molecule has 0 bridgehead atoms. The standard InChI is InChI=1S/C20H26N8OS/c1-12-6-7-14(10-24-12)9-15-11-25-19(27-17(15)29)23-8-4-3-5-16-13(2)30-20(26-16)28-18(21)22/h6-7,10-11H,3-5,8-9H2,1-2H3,(H4,21,22,26,28)(H2,23,25,27,29). The van der Waals surface area contributed by atoms with Crippen LogP contribution in [0.1, 0.15) is 40.2 Å². The van der Waals surface area contributed by atoms with E-state index in [0.717, 1.165) is 41.1 Å². The number of aliphatic imine (C=N–C) groups is 1. The highest BCUT2D eigenvalue weighted by Crippen LogP contribution is 2.25. The zero-order chi connectivity index (χ0) is 21.5. The van der Waals surface area contributed by atoms with E-state index >= 15 is 0 Å². The number of H-pyrrole nitrogens is 1. The number of aryl methyl sites for hydroxylation is 3. The van der Waals surface area contributed by atoms with E-state index in [2.05, 4.69) is 30.2 Å².